The summed E-state index contributed by atoms with van der Waals surface area (Å²) < 4.78 is 64.7. The minimum Gasteiger partial charge on any atom is -0.744 e. The normalized spacial score (nSPS) is 11.0. The molecule has 0 fully saturated rings. The van der Waals surface area contributed by atoms with Gasteiger partial charge in [0, 0.05) is 46.6 Å². The summed E-state index contributed by atoms with van der Waals surface area (Å²) in [5.41, 5.74) is 16.8. The lowest BCUT2D eigenvalue weighted by Gasteiger charge is -2.27. The average molecular weight is 999 g/mol. The van der Waals surface area contributed by atoms with Gasteiger partial charge in [0.2, 0.25) is 0 Å². The predicted molar refractivity (Wildman–Crippen MR) is 280 cm³/mol. The summed E-state index contributed by atoms with van der Waals surface area (Å²) in [6.45, 7) is 4.79. The summed E-state index contributed by atoms with van der Waals surface area (Å²) in [5.74, 6) is 0. The zero-order chi connectivity index (χ0) is 50.9. The maximum absolute atomic E-state index is 10.8. The Labute approximate surface area is 420 Å². The molecule has 0 aromatic heterocycles. The molecule has 0 amide bonds. The Morgan fingerprint density at radius 2 is 0.549 bits per heavy atom. The predicted octanol–water partition coefficient (Wildman–Crippen LogP) is 8.34. The van der Waals surface area contributed by atoms with Crippen LogP contribution in [0.5, 0.6) is 0 Å². The van der Waals surface area contributed by atoms with Gasteiger partial charge in [-0.2, -0.15) is 0 Å². The molecular formula is C58H66N2O9S2. The lowest BCUT2D eigenvalue weighted by atomic mass is 9.78. The molecule has 0 saturated heterocycles. The van der Waals surface area contributed by atoms with E-state index in [0.717, 1.165) is 49.9 Å². The van der Waals surface area contributed by atoms with E-state index < -0.39 is 20.2 Å². The molecular weight excluding hydrogens is 933 g/mol. The van der Waals surface area contributed by atoms with Gasteiger partial charge in [-0.1, -0.05) is 233 Å². The van der Waals surface area contributed by atoms with Crippen LogP contribution in [-0.2, 0) is 31.3 Å². The van der Waals surface area contributed by atoms with Crippen LogP contribution in [0.2, 0.25) is 0 Å². The maximum atomic E-state index is 10.8. The van der Waals surface area contributed by atoms with Crippen LogP contribution >= 0.6 is 0 Å². The summed E-state index contributed by atoms with van der Waals surface area (Å²) in [5, 5.41) is 16.1. The molecule has 374 valence electrons. The molecule has 0 saturated carbocycles. The smallest absolute Gasteiger partial charge is 0.172 e. The van der Waals surface area contributed by atoms with Crippen molar-refractivity contribution < 1.29 is 53.1 Å². The van der Waals surface area contributed by atoms with Crippen molar-refractivity contribution in [3.63, 3.8) is 0 Å². The minimum atomic E-state index is -4.50. The monoisotopic (exact) mass is 998 g/mol. The second kappa shape index (κ2) is 29.5. The molecule has 0 atom stereocenters. The fourth-order valence-electron chi connectivity index (χ4n) is 7.28. The van der Waals surface area contributed by atoms with Gasteiger partial charge in [0.15, 0.2) is 11.1 Å². The summed E-state index contributed by atoms with van der Waals surface area (Å²) in [7, 11) is -9.00. The number of unbranched alkanes of at least 4 members (excludes halogenated alkanes) is 2. The van der Waals surface area contributed by atoms with Gasteiger partial charge in [-0.25, -0.2) is 16.8 Å². The molecule has 0 aliphatic rings. The first-order valence-corrected chi connectivity index (χ1v) is 25.8. The van der Waals surface area contributed by atoms with E-state index in [2.05, 4.69) is 171 Å². The van der Waals surface area contributed by atoms with E-state index in [1.807, 2.05) is 36.4 Å². The van der Waals surface area contributed by atoms with Crippen LogP contribution in [0.15, 0.2) is 240 Å². The number of benzene rings is 8. The molecule has 0 bridgehead atoms. The third kappa shape index (κ3) is 17.3. The first kappa shape index (κ1) is 58.7. The van der Waals surface area contributed by atoms with Crippen LogP contribution < -0.4 is 11.5 Å². The highest BCUT2D eigenvalue weighted by Gasteiger charge is 2.36. The summed E-state index contributed by atoms with van der Waals surface area (Å²) in [6.07, 6.45) is 4.08. The van der Waals surface area contributed by atoms with Crippen LogP contribution in [0.25, 0.3) is 11.1 Å². The van der Waals surface area contributed by atoms with Crippen molar-refractivity contribution in [1.82, 2.24) is 0 Å². The van der Waals surface area contributed by atoms with E-state index in [9.17, 15) is 25.9 Å². The van der Waals surface area contributed by atoms with Gasteiger partial charge >= 0.3 is 0 Å². The van der Waals surface area contributed by atoms with Crippen molar-refractivity contribution >= 4 is 20.2 Å². The number of quaternary nitrogens is 2. The van der Waals surface area contributed by atoms with Crippen LogP contribution in [0.4, 0.5) is 0 Å². The molecule has 13 heteroatoms. The van der Waals surface area contributed by atoms with Crippen LogP contribution in [0, 0.1) is 0 Å². The van der Waals surface area contributed by atoms with E-state index >= 15 is 0 Å². The number of hydrogen-bond donors (Lipinski definition) is 4. The molecule has 0 heterocycles. The molecule has 11 nitrogen and oxygen atoms in total. The molecule has 8 aromatic carbocycles. The second-order valence-electron chi connectivity index (χ2n) is 16.1. The van der Waals surface area contributed by atoms with E-state index in [-0.39, 0.29) is 26.3 Å². The zero-order valence-corrected chi connectivity index (χ0v) is 41.9. The first-order chi connectivity index (χ1) is 33.6. The van der Waals surface area contributed by atoms with Gasteiger partial charge in [0.1, 0.15) is 20.2 Å². The molecule has 10 N–H and O–H groups in total. The topological polar surface area (TPSA) is 242 Å². The molecule has 8 aromatic rings. The van der Waals surface area contributed by atoms with Crippen molar-refractivity contribution in [3.8, 4) is 11.1 Å². The second-order valence-corrected chi connectivity index (χ2v) is 18.9. The highest BCUT2D eigenvalue weighted by Crippen LogP contribution is 2.33. The van der Waals surface area contributed by atoms with E-state index in [0.29, 0.717) is 24.3 Å². The molecule has 0 aliphatic carbocycles. The summed E-state index contributed by atoms with van der Waals surface area (Å²) >= 11 is 0. The lowest BCUT2D eigenvalue weighted by molar-refractivity contribution is -0.455. The fourth-order valence-corrected chi connectivity index (χ4v) is 8.22. The molecule has 0 spiro atoms. The van der Waals surface area contributed by atoms with Crippen LogP contribution in [0.3, 0.4) is 0 Å². The highest BCUT2D eigenvalue weighted by atomic mass is 32.2. The molecule has 0 aliphatic heterocycles. The van der Waals surface area contributed by atoms with Crippen molar-refractivity contribution in [2.24, 2.45) is 0 Å². The lowest BCUT2D eigenvalue weighted by Crippen LogP contribution is -2.71. The number of aliphatic hydroxyl groups is 2. The maximum Gasteiger partial charge on any atom is 0.172 e. The van der Waals surface area contributed by atoms with Crippen LogP contribution in [0.1, 0.15) is 72.9 Å². The van der Waals surface area contributed by atoms with E-state index in [1.54, 1.807) is 0 Å². The van der Waals surface area contributed by atoms with Crippen molar-refractivity contribution in [2.45, 2.75) is 60.4 Å². The Kier molecular flexibility index (Phi) is 24.4. The average Bonchev–Trinajstić information content (AvgIpc) is 3.40. The number of rotatable bonds is 13. The Morgan fingerprint density at radius 1 is 0.366 bits per heavy atom. The van der Waals surface area contributed by atoms with E-state index in [1.165, 1.54) is 57.6 Å². The summed E-state index contributed by atoms with van der Waals surface area (Å²) in [4.78, 5) is -0.694. The van der Waals surface area contributed by atoms with Gasteiger partial charge in [0.05, 0.1) is 9.79 Å². The zero-order valence-electron chi connectivity index (χ0n) is 40.3. The standard InChI is InChI=1S/2C19H17N.C12H10O6S2.2C4H10O.H2O/c2*20-19(16-10-4-1-5-11-16,17-12-6-2-7-13-17)18-14-8-3-9-15-18;13-19(14,15)11-5-1-9(2-6-11)10-3-7-12(8-4-10)20(16,17)18;2*1-2-3-4-5;/h2*1-15H,20H2;1-8H,(H,13,14,15)(H,16,17,18);2*5H,2-4H2,1H3;1H2. The Bertz CT molecular complexity index is 2500. The largest absolute Gasteiger partial charge is 0.744 e. The minimum absolute atomic E-state index is 0. The quantitative estimate of drug-likeness (QED) is 0.0645. The van der Waals surface area contributed by atoms with Gasteiger partial charge in [-0.15, -0.1) is 0 Å². The van der Waals surface area contributed by atoms with E-state index in [4.69, 9.17) is 10.2 Å². The Balaban J connectivity index is 0.000000255. The Hall–Kier alpha value is -6.62. The SMILES string of the molecule is CCCCO.CCCCO.O.O=S(=O)([O-])c1ccc(-c2ccc(S(=O)(=O)[O-])cc2)cc1.[NH3+]C(c1ccccc1)(c1ccccc1)c1ccccc1.[NH3+]C(c1ccccc1)(c1ccccc1)c1ccccc1. The first-order valence-electron chi connectivity index (χ1n) is 23.0. The number of hydrogen-bond acceptors (Lipinski definition) is 8. The molecule has 8 rings (SSSR count). The molecule has 0 radical (unpaired) electrons. The third-order valence-corrected chi connectivity index (χ3v) is 12.9. The van der Waals surface area contributed by atoms with Gasteiger partial charge in [-0.3, -0.25) is 0 Å². The van der Waals surface area contributed by atoms with Gasteiger partial charge in [0.25, 0.3) is 0 Å². The van der Waals surface area contributed by atoms with Crippen molar-refractivity contribution in [3.05, 3.63) is 264 Å². The number of aliphatic hydroxyl groups excluding tert-OH is 2. The van der Waals surface area contributed by atoms with Gasteiger partial charge < -0.3 is 36.3 Å². The highest BCUT2D eigenvalue weighted by molar-refractivity contribution is 7.86. The summed E-state index contributed by atoms with van der Waals surface area (Å²) in [6, 6.07) is 73.2. The van der Waals surface area contributed by atoms with Gasteiger partial charge in [-0.05, 0) is 48.2 Å². The fraction of sp³-hybridized carbons (Fsp3) is 0.172. The van der Waals surface area contributed by atoms with Crippen LogP contribution in [-0.4, -0.2) is 54.8 Å². The third-order valence-electron chi connectivity index (χ3n) is 11.2. The van der Waals surface area contributed by atoms with Crippen molar-refractivity contribution in [2.75, 3.05) is 13.2 Å². The molecule has 71 heavy (non-hydrogen) atoms. The Morgan fingerprint density at radius 3 is 0.676 bits per heavy atom. The molecule has 0 unspecified atom stereocenters. The van der Waals surface area contributed by atoms with Crippen molar-refractivity contribution in [1.29, 1.82) is 0 Å².